The van der Waals surface area contributed by atoms with Crippen LogP contribution in [0.2, 0.25) is 0 Å². The number of imidazole rings is 1. The molecule has 2 aromatic heterocycles. The average Bonchev–Trinajstić information content (AvgIpc) is 3.21. The molecule has 2 unspecified atom stereocenters. The molecule has 8 N–H and O–H groups in total. The minimum Gasteiger partial charge on any atom is -0.390 e. The quantitative estimate of drug-likeness (QED) is 0.162. The normalized spacial score (nSPS) is 27.2. The number of hydrogen-bond acceptors (Lipinski definition) is 11. The number of nitrogen functional groups attached to an aromatic ring is 1. The number of alkyl halides is 2. The van der Waals surface area contributed by atoms with Gasteiger partial charge in [0.1, 0.15) is 12.3 Å². The fourth-order valence-corrected chi connectivity index (χ4v) is 6.69. The van der Waals surface area contributed by atoms with E-state index in [1.165, 1.54) is 10.9 Å². The topological polar surface area (TPSA) is 270 Å². The monoisotopic (exact) mass is 557 g/mol. The van der Waals surface area contributed by atoms with Crippen LogP contribution in [0.5, 0.6) is 0 Å². The molecule has 3 heterocycles. The van der Waals surface area contributed by atoms with Crippen molar-refractivity contribution in [3.63, 3.8) is 0 Å². The van der Waals surface area contributed by atoms with Crippen LogP contribution in [-0.2, 0) is 27.3 Å². The van der Waals surface area contributed by atoms with Gasteiger partial charge in [0, 0.05) is 6.42 Å². The lowest BCUT2D eigenvalue weighted by Crippen LogP contribution is -2.26. The van der Waals surface area contributed by atoms with E-state index in [9.17, 15) is 37.8 Å². The lowest BCUT2D eigenvalue weighted by atomic mass is 10.2. The fraction of sp³-hybridized carbons (Fsp3) is 0.545. The van der Waals surface area contributed by atoms with Crippen LogP contribution in [0.25, 0.3) is 11.2 Å². The van der Waals surface area contributed by atoms with E-state index in [-0.39, 0.29) is 23.5 Å². The van der Waals surface area contributed by atoms with Crippen molar-refractivity contribution in [3.05, 3.63) is 16.7 Å². The van der Waals surface area contributed by atoms with Gasteiger partial charge in [0.2, 0.25) is 5.95 Å². The number of nitrogens with one attached hydrogen (secondary N) is 1. The number of aliphatic hydroxyl groups is 1. The van der Waals surface area contributed by atoms with Gasteiger partial charge in [-0.05, 0) is 0 Å². The van der Waals surface area contributed by atoms with E-state index < -0.39 is 58.2 Å². The van der Waals surface area contributed by atoms with Gasteiger partial charge in [0.15, 0.2) is 11.2 Å². The van der Waals surface area contributed by atoms with Gasteiger partial charge in [-0.1, -0.05) is 11.6 Å². The third kappa shape index (κ3) is 5.22. The van der Waals surface area contributed by atoms with Gasteiger partial charge in [-0.3, -0.25) is 28.0 Å². The smallest absolute Gasteiger partial charge is 0.390 e. The number of ether oxygens (including phenoxy) is 1. The summed E-state index contributed by atoms with van der Waals surface area (Å²) in [6, 6.07) is 0. The van der Waals surface area contributed by atoms with Crippen LogP contribution in [0.4, 0.5) is 10.3 Å². The lowest BCUT2D eigenvalue weighted by Gasteiger charge is -2.25. The van der Waals surface area contributed by atoms with Crippen molar-refractivity contribution in [3.8, 4) is 0 Å². The predicted octanol–water partition coefficient (Wildman–Crippen LogP) is -0.334. The largest absolute Gasteiger partial charge is 0.479 e. The van der Waals surface area contributed by atoms with E-state index in [0.717, 1.165) is 0 Å². The maximum Gasteiger partial charge on any atom is 0.479 e. The molecule has 0 aliphatic carbocycles. The van der Waals surface area contributed by atoms with Gasteiger partial charge in [-0.15, -0.1) is 0 Å². The number of nitrogens with zero attached hydrogens (tertiary/aromatic N) is 3. The number of fused-ring (bicyclic) bond motifs is 1. The molecular formula is C11H16ClFN5O12P3. The number of phosphoric acid groups is 1. The Kier molecular flexibility index (Phi) is 6.99. The molecule has 0 saturated carbocycles. The molecule has 1 saturated heterocycles. The first-order valence-corrected chi connectivity index (χ1v) is 13.5. The minimum absolute atomic E-state index is 0.00577. The summed E-state index contributed by atoms with van der Waals surface area (Å²) in [6.07, 6.45) is -2.71. The summed E-state index contributed by atoms with van der Waals surface area (Å²) in [6.45, 7) is -0.967. The minimum atomic E-state index is -6.27. The Morgan fingerprint density at radius 2 is 2.00 bits per heavy atom. The molecule has 0 radical (unpaired) electrons. The SMILES string of the molecule is Nc1nc2c(ncn2[C@H]2C[C@H](O)[C@@H](COP(=O)(O)OP(=O)(O)[C@@](F)(Cl)P(=O)(O)O)O2)c(=O)[nH]1. The lowest BCUT2D eigenvalue weighted by molar-refractivity contribution is -0.0421. The summed E-state index contributed by atoms with van der Waals surface area (Å²) in [5.74, 6) is -0.224. The molecule has 33 heavy (non-hydrogen) atoms. The van der Waals surface area contributed by atoms with Crippen LogP contribution in [0.15, 0.2) is 11.1 Å². The molecular weight excluding hydrogens is 542 g/mol. The maximum atomic E-state index is 13.9. The molecule has 186 valence electrons. The first-order valence-electron chi connectivity index (χ1n) is 8.46. The van der Waals surface area contributed by atoms with Crippen LogP contribution in [-0.4, -0.2) is 67.6 Å². The number of aromatic nitrogens is 4. The summed E-state index contributed by atoms with van der Waals surface area (Å²) in [5.41, 5.74) is 4.77. The Morgan fingerprint density at radius 3 is 2.61 bits per heavy atom. The number of rotatable bonds is 8. The van der Waals surface area contributed by atoms with E-state index in [0.29, 0.717) is 0 Å². The molecule has 0 amide bonds. The summed E-state index contributed by atoms with van der Waals surface area (Å²) >= 11 is 4.74. The van der Waals surface area contributed by atoms with E-state index in [1.807, 2.05) is 0 Å². The highest BCUT2D eigenvalue weighted by Crippen LogP contribution is 2.78. The van der Waals surface area contributed by atoms with Crippen molar-refractivity contribution >= 4 is 51.7 Å². The zero-order valence-electron chi connectivity index (χ0n) is 15.8. The van der Waals surface area contributed by atoms with Crippen molar-refractivity contribution in [1.82, 2.24) is 19.5 Å². The van der Waals surface area contributed by atoms with Gasteiger partial charge in [0.05, 0.1) is 19.0 Å². The van der Waals surface area contributed by atoms with E-state index in [1.54, 1.807) is 0 Å². The molecule has 0 bridgehead atoms. The second-order valence-corrected chi connectivity index (χ2v) is 13.2. The molecule has 3 rings (SSSR count). The van der Waals surface area contributed by atoms with Gasteiger partial charge < -0.3 is 35.2 Å². The molecule has 0 aromatic carbocycles. The summed E-state index contributed by atoms with van der Waals surface area (Å²) in [7, 11) is -18.1. The number of H-pyrrole nitrogens is 1. The average molecular weight is 558 g/mol. The van der Waals surface area contributed by atoms with Gasteiger partial charge in [0.25, 0.3) is 5.56 Å². The maximum absolute atomic E-state index is 13.9. The second-order valence-electron chi connectivity index (χ2n) is 6.63. The zero-order chi connectivity index (χ0) is 25.0. The number of nitrogens with two attached hydrogens (primary N) is 1. The van der Waals surface area contributed by atoms with Crippen LogP contribution in [0.3, 0.4) is 0 Å². The molecule has 6 atom stereocenters. The highest BCUT2D eigenvalue weighted by molar-refractivity contribution is 7.78. The molecule has 1 fully saturated rings. The van der Waals surface area contributed by atoms with Crippen molar-refractivity contribution in [2.24, 2.45) is 0 Å². The van der Waals surface area contributed by atoms with Crippen molar-refractivity contribution in [2.75, 3.05) is 12.3 Å². The van der Waals surface area contributed by atoms with Crippen LogP contribution < -0.4 is 11.3 Å². The third-order valence-corrected chi connectivity index (χ3v) is 10.7. The highest BCUT2D eigenvalue weighted by atomic mass is 35.5. The molecule has 2 aromatic rings. The number of aromatic amines is 1. The summed E-state index contributed by atoms with van der Waals surface area (Å²) in [5, 5.41) is 10.2. The predicted molar refractivity (Wildman–Crippen MR) is 106 cm³/mol. The highest BCUT2D eigenvalue weighted by Gasteiger charge is 2.64. The number of hydrogen-bond donors (Lipinski definition) is 7. The van der Waals surface area contributed by atoms with Crippen LogP contribution >= 0.6 is 34.6 Å². The van der Waals surface area contributed by atoms with Gasteiger partial charge in [-0.2, -0.15) is 9.37 Å². The standard InChI is InChI=1S/C11H16ClFN5O12P3/c12-11(13,31(21,22)23)32(24,25)30-33(26,27)28-2-5-4(19)1-6(29-5)18-3-15-7-8(18)16-10(14)17-9(7)20/h3-6,19H,1-2H2,(H,24,25)(H,26,27)(H2,21,22,23)(H3,14,16,17,20)/t4-,5+,6+,11+/m0/s1. The van der Waals surface area contributed by atoms with Crippen molar-refractivity contribution in [2.45, 2.75) is 29.5 Å². The van der Waals surface area contributed by atoms with E-state index in [2.05, 4.69) is 23.8 Å². The first kappa shape index (κ1) is 26.3. The van der Waals surface area contributed by atoms with Gasteiger partial charge >= 0.3 is 27.6 Å². The molecule has 22 heteroatoms. The van der Waals surface area contributed by atoms with Crippen LogP contribution in [0, 0.1) is 0 Å². The first-order chi connectivity index (χ1) is 15.0. The van der Waals surface area contributed by atoms with Crippen molar-refractivity contribution in [1.29, 1.82) is 0 Å². The fourth-order valence-electron chi connectivity index (χ4n) is 2.73. The molecule has 1 aliphatic rings. The van der Waals surface area contributed by atoms with Crippen LogP contribution in [0.1, 0.15) is 12.6 Å². The number of phosphoric ester groups is 1. The molecule has 0 spiro atoms. The number of halogens is 2. The Morgan fingerprint density at radius 1 is 1.36 bits per heavy atom. The number of aliphatic hydroxyl groups excluding tert-OH is 1. The summed E-state index contributed by atoms with van der Waals surface area (Å²) < 4.78 is 58.5. The Labute approximate surface area is 186 Å². The Balaban J connectivity index is 1.70. The third-order valence-electron chi connectivity index (χ3n) is 4.27. The second kappa shape index (κ2) is 8.75. The Hall–Kier alpha value is -1.26. The van der Waals surface area contributed by atoms with Gasteiger partial charge in [-0.25, -0.2) is 13.9 Å². The van der Waals surface area contributed by atoms with E-state index >= 15 is 0 Å². The Bertz CT molecular complexity index is 1260. The molecule has 1 aliphatic heterocycles. The summed E-state index contributed by atoms with van der Waals surface area (Å²) in [4.78, 5) is 58.2. The number of anilines is 1. The molecule has 17 nitrogen and oxygen atoms in total. The van der Waals surface area contributed by atoms with Crippen molar-refractivity contribution < 1.29 is 56.3 Å². The zero-order valence-corrected chi connectivity index (χ0v) is 19.3. The van der Waals surface area contributed by atoms with E-state index in [4.69, 9.17) is 31.9 Å².